The van der Waals surface area contributed by atoms with Crippen molar-refractivity contribution in [1.29, 1.82) is 0 Å². The number of hydrogen-bond donors (Lipinski definition) is 1. The number of nitrogens with one attached hydrogen (secondary N) is 1. The zero-order chi connectivity index (χ0) is 19.2. The summed E-state index contributed by atoms with van der Waals surface area (Å²) in [5.74, 6) is 0.202. The van der Waals surface area contributed by atoms with Crippen LogP contribution in [0.1, 0.15) is 15.9 Å². The molecule has 1 saturated heterocycles. The van der Waals surface area contributed by atoms with Gasteiger partial charge in [-0.25, -0.2) is 0 Å². The topological polar surface area (TPSA) is 67.9 Å². The van der Waals surface area contributed by atoms with Gasteiger partial charge in [-0.05, 0) is 48.9 Å². The maximum Gasteiger partial charge on any atom is 0.262 e. The number of rotatable bonds is 5. The summed E-state index contributed by atoms with van der Waals surface area (Å²) in [6.07, 6.45) is 0. The minimum absolute atomic E-state index is 0.0288. The van der Waals surface area contributed by atoms with Crippen molar-refractivity contribution in [2.45, 2.75) is 6.92 Å². The van der Waals surface area contributed by atoms with Crippen LogP contribution in [-0.4, -0.2) is 49.6 Å². The highest BCUT2D eigenvalue weighted by atomic mass is 35.5. The van der Waals surface area contributed by atoms with Crippen LogP contribution in [0.2, 0.25) is 5.02 Å². The second-order valence-electron chi connectivity index (χ2n) is 6.23. The average molecular weight is 389 g/mol. The van der Waals surface area contributed by atoms with Crippen molar-refractivity contribution in [3.8, 4) is 5.75 Å². The zero-order valence-electron chi connectivity index (χ0n) is 15.0. The van der Waals surface area contributed by atoms with Gasteiger partial charge in [-0.15, -0.1) is 0 Å². The molecule has 7 heteroatoms. The number of anilines is 1. The summed E-state index contributed by atoms with van der Waals surface area (Å²) in [5, 5.41) is 3.32. The second kappa shape index (κ2) is 8.88. The molecule has 0 spiro atoms. The van der Waals surface area contributed by atoms with E-state index >= 15 is 0 Å². The maximum atomic E-state index is 12.4. The summed E-state index contributed by atoms with van der Waals surface area (Å²) in [5.41, 5.74) is 2.14. The fourth-order valence-corrected chi connectivity index (χ4v) is 2.84. The van der Waals surface area contributed by atoms with Gasteiger partial charge in [-0.1, -0.05) is 17.7 Å². The Morgan fingerprint density at radius 2 is 1.85 bits per heavy atom. The molecule has 2 aromatic carbocycles. The van der Waals surface area contributed by atoms with Crippen molar-refractivity contribution in [1.82, 2.24) is 4.90 Å². The normalized spacial score (nSPS) is 13.9. The van der Waals surface area contributed by atoms with Crippen molar-refractivity contribution in [3.63, 3.8) is 0 Å². The van der Waals surface area contributed by atoms with Crippen LogP contribution in [0.15, 0.2) is 42.5 Å². The molecule has 1 aliphatic heterocycles. The van der Waals surface area contributed by atoms with E-state index in [0.717, 1.165) is 5.56 Å². The van der Waals surface area contributed by atoms with Gasteiger partial charge in [0.15, 0.2) is 6.61 Å². The molecule has 0 aromatic heterocycles. The van der Waals surface area contributed by atoms with E-state index < -0.39 is 0 Å². The number of aryl methyl sites for hydroxylation is 1. The molecule has 1 heterocycles. The van der Waals surface area contributed by atoms with Gasteiger partial charge >= 0.3 is 0 Å². The van der Waals surface area contributed by atoms with E-state index in [1.807, 2.05) is 13.0 Å². The molecule has 0 atom stereocenters. The first kappa shape index (κ1) is 19.2. The number of carbonyl (C=O) groups is 2. The standard InChI is InChI=1S/C20H21ClN2O4/c1-14-2-5-16(12-18(14)21)22-19(24)13-27-17-6-3-15(4-7-17)20(25)23-8-10-26-11-9-23/h2-7,12H,8-11,13H2,1H3,(H,22,24). The Bertz CT molecular complexity index is 817. The Morgan fingerprint density at radius 3 is 2.52 bits per heavy atom. The van der Waals surface area contributed by atoms with Gasteiger partial charge in [0.1, 0.15) is 5.75 Å². The number of morpholine rings is 1. The fourth-order valence-electron chi connectivity index (χ4n) is 2.66. The molecule has 27 heavy (non-hydrogen) atoms. The molecule has 6 nitrogen and oxygen atoms in total. The van der Waals surface area contributed by atoms with Crippen molar-refractivity contribution in [2.24, 2.45) is 0 Å². The monoisotopic (exact) mass is 388 g/mol. The SMILES string of the molecule is Cc1ccc(NC(=O)COc2ccc(C(=O)N3CCOCC3)cc2)cc1Cl. The average Bonchev–Trinajstić information content (AvgIpc) is 2.70. The van der Waals surface area contributed by atoms with Crippen molar-refractivity contribution in [3.05, 3.63) is 58.6 Å². The maximum absolute atomic E-state index is 12.4. The highest BCUT2D eigenvalue weighted by Crippen LogP contribution is 2.20. The Hall–Kier alpha value is -2.57. The molecule has 2 aromatic rings. The van der Waals surface area contributed by atoms with Gasteiger partial charge in [0.05, 0.1) is 13.2 Å². The smallest absolute Gasteiger partial charge is 0.262 e. The van der Waals surface area contributed by atoms with E-state index in [9.17, 15) is 9.59 Å². The summed E-state index contributed by atoms with van der Waals surface area (Å²) in [7, 11) is 0. The van der Waals surface area contributed by atoms with Crippen LogP contribution in [0, 0.1) is 6.92 Å². The van der Waals surface area contributed by atoms with Crippen LogP contribution in [0.4, 0.5) is 5.69 Å². The molecule has 0 aliphatic carbocycles. The van der Waals surface area contributed by atoms with E-state index in [1.54, 1.807) is 41.3 Å². The molecular formula is C20H21ClN2O4. The number of hydrogen-bond acceptors (Lipinski definition) is 4. The molecule has 0 radical (unpaired) electrons. The van der Waals surface area contributed by atoms with Gasteiger partial charge in [0.25, 0.3) is 11.8 Å². The van der Waals surface area contributed by atoms with Crippen molar-refractivity contribution < 1.29 is 19.1 Å². The van der Waals surface area contributed by atoms with E-state index in [0.29, 0.717) is 48.3 Å². The molecule has 0 unspecified atom stereocenters. The van der Waals surface area contributed by atoms with E-state index in [4.69, 9.17) is 21.1 Å². The third-order valence-electron chi connectivity index (χ3n) is 4.23. The number of halogens is 1. The number of amides is 2. The lowest BCUT2D eigenvalue weighted by Gasteiger charge is -2.26. The van der Waals surface area contributed by atoms with Gasteiger partial charge in [0.2, 0.25) is 0 Å². The highest BCUT2D eigenvalue weighted by molar-refractivity contribution is 6.31. The van der Waals surface area contributed by atoms with Crippen LogP contribution in [-0.2, 0) is 9.53 Å². The first-order valence-corrected chi connectivity index (χ1v) is 9.06. The second-order valence-corrected chi connectivity index (χ2v) is 6.64. The fraction of sp³-hybridized carbons (Fsp3) is 0.300. The third-order valence-corrected chi connectivity index (χ3v) is 4.63. The van der Waals surface area contributed by atoms with Crippen molar-refractivity contribution >= 4 is 29.1 Å². The Kier molecular flexibility index (Phi) is 6.32. The van der Waals surface area contributed by atoms with Gasteiger partial charge in [-0.3, -0.25) is 9.59 Å². The van der Waals surface area contributed by atoms with Crippen LogP contribution in [0.5, 0.6) is 5.75 Å². The van der Waals surface area contributed by atoms with Crippen LogP contribution < -0.4 is 10.1 Å². The number of benzene rings is 2. The van der Waals surface area contributed by atoms with Crippen LogP contribution in [0.3, 0.4) is 0 Å². The molecule has 1 aliphatic rings. The minimum atomic E-state index is -0.289. The number of nitrogens with zero attached hydrogens (tertiary/aromatic N) is 1. The molecule has 1 fully saturated rings. The largest absolute Gasteiger partial charge is 0.484 e. The molecule has 2 amide bonds. The van der Waals surface area contributed by atoms with Gasteiger partial charge < -0.3 is 19.7 Å². The minimum Gasteiger partial charge on any atom is -0.484 e. The van der Waals surface area contributed by atoms with Crippen LogP contribution in [0.25, 0.3) is 0 Å². The first-order chi connectivity index (χ1) is 13.0. The summed E-state index contributed by atoms with van der Waals surface area (Å²) >= 11 is 6.05. The Labute approximate surface area is 163 Å². The third kappa shape index (κ3) is 5.21. The van der Waals surface area contributed by atoms with Crippen molar-refractivity contribution in [2.75, 3.05) is 38.2 Å². The van der Waals surface area contributed by atoms with E-state index in [2.05, 4.69) is 5.32 Å². The summed E-state index contributed by atoms with van der Waals surface area (Å²) in [6, 6.07) is 12.1. The van der Waals surface area contributed by atoms with Gasteiger partial charge in [0, 0.05) is 29.4 Å². The summed E-state index contributed by atoms with van der Waals surface area (Å²) in [4.78, 5) is 26.2. The highest BCUT2D eigenvalue weighted by Gasteiger charge is 2.18. The first-order valence-electron chi connectivity index (χ1n) is 8.69. The molecule has 0 bridgehead atoms. The predicted octanol–water partition coefficient (Wildman–Crippen LogP) is 3.14. The zero-order valence-corrected chi connectivity index (χ0v) is 15.8. The molecule has 0 saturated carbocycles. The Balaban J connectivity index is 1.51. The lowest BCUT2D eigenvalue weighted by atomic mass is 10.2. The summed E-state index contributed by atoms with van der Waals surface area (Å²) in [6.45, 7) is 4.08. The van der Waals surface area contributed by atoms with Gasteiger partial charge in [-0.2, -0.15) is 0 Å². The lowest BCUT2D eigenvalue weighted by molar-refractivity contribution is -0.118. The summed E-state index contributed by atoms with van der Waals surface area (Å²) < 4.78 is 10.7. The predicted molar refractivity (Wildman–Crippen MR) is 103 cm³/mol. The quantitative estimate of drug-likeness (QED) is 0.854. The number of carbonyl (C=O) groups excluding carboxylic acids is 2. The lowest BCUT2D eigenvalue weighted by Crippen LogP contribution is -2.40. The van der Waals surface area contributed by atoms with E-state index in [-0.39, 0.29) is 18.4 Å². The number of ether oxygens (including phenoxy) is 2. The molecular weight excluding hydrogens is 368 g/mol. The molecule has 142 valence electrons. The van der Waals surface area contributed by atoms with E-state index in [1.165, 1.54) is 0 Å². The molecule has 1 N–H and O–H groups in total. The van der Waals surface area contributed by atoms with Crippen LogP contribution >= 0.6 is 11.6 Å². The Morgan fingerprint density at radius 1 is 1.15 bits per heavy atom. The molecule has 3 rings (SSSR count).